The summed E-state index contributed by atoms with van der Waals surface area (Å²) in [6.07, 6.45) is 3.70. The summed E-state index contributed by atoms with van der Waals surface area (Å²) in [4.78, 5) is 28.0. The van der Waals surface area contributed by atoms with Gasteiger partial charge in [0.05, 0.1) is 0 Å². The number of nitrogens with one attached hydrogen (secondary N) is 1. The van der Waals surface area contributed by atoms with Crippen molar-refractivity contribution in [1.29, 1.82) is 0 Å². The van der Waals surface area contributed by atoms with Gasteiger partial charge in [-0.1, -0.05) is 12.5 Å². The van der Waals surface area contributed by atoms with E-state index in [9.17, 15) is 14.7 Å². The molecule has 23 heavy (non-hydrogen) atoms. The van der Waals surface area contributed by atoms with E-state index in [1.54, 1.807) is 28.0 Å². The summed E-state index contributed by atoms with van der Waals surface area (Å²) < 4.78 is 0. The first-order chi connectivity index (χ1) is 11.1. The summed E-state index contributed by atoms with van der Waals surface area (Å²) >= 11 is 0. The minimum absolute atomic E-state index is 0.0265. The van der Waals surface area contributed by atoms with E-state index >= 15 is 0 Å². The van der Waals surface area contributed by atoms with E-state index in [4.69, 9.17) is 0 Å². The number of amides is 3. The van der Waals surface area contributed by atoms with E-state index in [1.807, 2.05) is 0 Å². The topological polar surface area (TPSA) is 72.9 Å². The molecule has 1 saturated carbocycles. The fourth-order valence-electron chi connectivity index (χ4n) is 2.97. The summed E-state index contributed by atoms with van der Waals surface area (Å²) in [6.45, 7) is 2.89. The van der Waals surface area contributed by atoms with Gasteiger partial charge in [0, 0.05) is 38.3 Å². The van der Waals surface area contributed by atoms with Crippen LogP contribution < -0.4 is 5.32 Å². The molecule has 3 rings (SSSR count). The molecule has 2 fully saturated rings. The average molecular weight is 317 g/mol. The Morgan fingerprint density at radius 3 is 2.43 bits per heavy atom. The van der Waals surface area contributed by atoms with E-state index in [0.29, 0.717) is 37.7 Å². The van der Waals surface area contributed by atoms with E-state index in [0.717, 1.165) is 6.54 Å². The smallest absolute Gasteiger partial charge is 0.317 e. The second-order valence-electron chi connectivity index (χ2n) is 6.31. The van der Waals surface area contributed by atoms with Gasteiger partial charge in [-0.15, -0.1) is 0 Å². The Hall–Kier alpha value is -2.24. The molecule has 0 aromatic heterocycles. The fourth-order valence-corrected chi connectivity index (χ4v) is 2.97. The zero-order valence-corrected chi connectivity index (χ0v) is 13.2. The summed E-state index contributed by atoms with van der Waals surface area (Å²) in [6, 6.07) is 6.34. The van der Waals surface area contributed by atoms with Crippen molar-refractivity contribution in [2.45, 2.75) is 19.3 Å². The van der Waals surface area contributed by atoms with Crippen LogP contribution >= 0.6 is 0 Å². The highest BCUT2D eigenvalue weighted by molar-refractivity contribution is 5.94. The third kappa shape index (κ3) is 3.75. The van der Waals surface area contributed by atoms with Gasteiger partial charge in [0.2, 0.25) is 0 Å². The minimum atomic E-state index is -0.101. The molecule has 1 aliphatic carbocycles. The zero-order valence-electron chi connectivity index (χ0n) is 13.2. The molecule has 0 atom stereocenters. The number of phenols is 1. The van der Waals surface area contributed by atoms with E-state index in [2.05, 4.69) is 5.32 Å². The molecule has 0 unspecified atom stereocenters. The lowest BCUT2D eigenvalue weighted by molar-refractivity contribution is 0.0663. The van der Waals surface area contributed by atoms with Crippen molar-refractivity contribution >= 4 is 11.9 Å². The number of rotatable bonds is 3. The van der Waals surface area contributed by atoms with Crippen molar-refractivity contribution in [3.05, 3.63) is 29.8 Å². The molecule has 1 heterocycles. The SMILES string of the molecule is O=C(NCC1CCC1)N1CCN(C(=O)c2cccc(O)c2)CC1. The standard InChI is InChI=1S/C17H23N3O3/c21-15-6-2-5-14(11-15)16(22)19-7-9-20(10-8-19)17(23)18-12-13-3-1-4-13/h2,5-6,11,13,21H,1,3-4,7-10,12H2,(H,18,23). The Balaban J connectivity index is 1.47. The number of carbonyl (C=O) groups is 2. The molecule has 1 aromatic rings. The Morgan fingerprint density at radius 2 is 1.83 bits per heavy atom. The van der Waals surface area contributed by atoms with Crippen LogP contribution in [0.1, 0.15) is 29.6 Å². The Bertz CT molecular complexity index is 578. The van der Waals surface area contributed by atoms with E-state index < -0.39 is 0 Å². The highest BCUT2D eigenvalue weighted by Gasteiger charge is 2.26. The van der Waals surface area contributed by atoms with Crippen LogP contribution in [0.4, 0.5) is 4.79 Å². The molecule has 0 spiro atoms. The molecule has 0 radical (unpaired) electrons. The number of aromatic hydroxyl groups is 1. The number of urea groups is 1. The molecular formula is C17H23N3O3. The number of nitrogens with zero attached hydrogens (tertiary/aromatic N) is 2. The third-order valence-corrected chi connectivity index (χ3v) is 4.71. The summed E-state index contributed by atoms with van der Waals surface area (Å²) in [7, 11) is 0. The Labute approximate surface area is 136 Å². The normalized spacial score (nSPS) is 18.4. The molecule has 0 bridgehead atoms. The second-order valence-corrected chi connectivity index (χ2v) is 6.31. The Morgan fingerprint density at radius 1 is 1.13 bits per heavy atom. The average Bonchev–Trinajstić information content (AvgIpc) is 2.53. The van der Waals surface area contributed by atoms with Gasteiger partial charge < -0.3 is 20.2 Å². The number of hydrogen-bond acceptors (Lipinski definition) is 3. The van der Waals surface area contributed by atoms with Crippen molar-refractivity contribution < 1.29 is 14.7 Å². The van der Waals surface area contributed by atoms with Crippen molar-refractivity contribution in [3.8, 4) is 5.75 Å². The fraction of sp³-hybridized carbons (Fsp3) is 0.529. The maximum atomic E-state index is 12.4. The summed E-state index contributed by atoms with van der Waals surface area (Å²) in [5.74, 6) is 0.632. The maximum absolute atomic E-state index is 12.4. The first kappa shape index (κ1) is 15.6. The van der Waals surface area contributed by atoms with Gasteiger partial charge in [0.25, 0.3) is 5.91 Å². The largest absolute Gasteiger partial charge is 0.508 e. The number of carbonyl (C=O) groups excluding carboxylic acids is 2. The molecule has 1 aliphatic heterocycles. The van der Waals surface area contributed by atoms with Gasteiger partial charge in [-0.25, -0.2) is 4.79 Å². The second kappa shape index (κ2) is 6.89. The minimum Gasteiger partial charge on any atom is -0.508 e. The molecule has 2 aliphatic rings. The van der Waals surface area contributed by atoms with Crippen LogP contribution in [0.5, 0.6) is 5.75 Å². The Kier molecular flexibility index (Phi) is 4.69. The molecule has 3 amide bonds. The molecule has 1 saturated heterocycles. The molecule has 2 N–H and O–H groups in total. The number of hydrogen-bond donors (Lipinski definition) is 2. The van der Waals surface area contributed by atoms with Crippen LogP contribution in [0.2, 0.25) is 0 Å². The van der Waals surface area contributed by atoms with Gasteiger partial charge in [-0.3, -0.25) is 4.79 Å². The van der Waals surface area contributed by atoms with Gasteiger partial charge in [-0.2, -0.15) is 0 Å². The van der Waals surface area contributed by atoms with Gasteiger partial charge in [-0.05, 0) is 37.0 Å². The van der Waals surface area contributed by atoms with Crippen LogP contribution in [-0.4, -0.2) is 59.6 Å². The summed E-state index contributed by atoms with van der Waals surface area (Å²) in [5, 5.41) is 12.5. The lowest BCUT2D eigenvalue weighted by Crippen LogP contribution is -2.53. The van der Waals surface area contributed by atoms with E-state index in [1.165, 1.54) is 25.3 Å². The van der Waals surface area contributed by atoms with Gasteiger partial charge >= 0.3 is 6.03 Å². The van der Waals surface area contributed by atoms with Crippen molar-refractivity contribution in [3.63, 3.8) is 0 Å². The van der Waals surface area contributed by atoms with Crippen LogP contribution in [0.3, 0.4) is 0 Å². The van der Waals surface area contributed by atoms with Gasteiger partial charge in [0.1, 0.15) is 5.75 Å². The highest BCUT2D eigenvalue weighted by Crippen LogP contribution is 2.25. The first-order valence-electron chi connectivity index (χ1n) is 8.24. The molecule has 6 heteroatoms. The third-order valence-electron chi connectivity index (χ3n) is 4.71. The van der Waals surface area contributed by atoms with Crippen molar-refractivity contribution in [2.24, 2.45) is 5.92 Å². The molecular weight excluding hydrogens is 294 g/mol. The molecule has 124 valence electrons. The molecule has 6 nitrogen and oxygen atoms in total. The predicted octanol–water partition coefficient (Wildman–Crippen LogP) is 1.66. The quantitative estimate of drug-likeness (QED) is 0.890. The number of phenolic OH excluding ortho intramolecular Hbond substituents is 1. The van der Waals surface area contributed by atoms with E-state index in [-0.39, 0.29) is 17.7 Å². The van der Waals surface area contributed by atoms with Crippen LogP contribution in [-0.2, 0) is 0 Å². The highest BCUT2D eigenvalue weighted by atomic mass is 16.3. The number of piperazine rings is 1. The summed E-state index contributed by atoms with van der Waals surface area (Å²) in [5.41, 5.74) is 0.480. The lowest BCUT2D eigenvalue weighted by atomic mass is 9.85. The van der Waals surface area contributed by atoms with Crippen LogP contribution in [0, 0.1) is 5.92 Å². The first-order valence-corrected chi connectivity index (χ1v) is 8.24. The monoisotopic (exact) mass is 317 g/mol. The lowest BCUT2D eigenvalue weighted by Gasteiger charge is -2.35. The number of benzene rings is 1. The van der Waals surface area contributed by atoms with Crippen LogP contribution in [0.15, 0.2) is 24.3 Å². The zero-order chi connectivity index (χ0) is 16.2. The molecule has 1 aromatic carbocycles. The van der Waals surface area contributed by atoms with Crippen LogP contribution in [0.25, 0.3) is 0 Å². The van der Waals surface area contributed by atoms with Crippen molar-refractivity contribution in [1.82, 2.24) is 15.1 Å². The van der Waals surface area contributed by atoms with Gasteiger partial charge in [0.15, 0.2) is 0 Å². The maximum Gasteiger partial charge on any atom is 0.317 e. The van der Waals surface area contributed by atoms with Crippen molar-refractivity contribution in [2.75, 3.05) is 32.7 Å². The predicted molar refractivity (Wildman–Crippen MR) is 86.3 cm³/mol.